The monoisotopic (exact) mass is 412 g/mol. The van der Waals surface area contributed by atoms with E-state index in [2.05, 4.69) is 0 Å². The van der Waals surface area contributed by atoms with Crippen molar-refractivity contribution >= 4 is 19.4 Å². The molecule has 3 aromatic carbocycles. The molecular formula is C22H18ClO4P. The molecular weight excluding hydrogens is 395 g/mol. The zero-order chi connectivity index (χ0) is 19.4. The number of hydrogen-bond acceptors (Lipinski definition) is 4. The fourth-order valence-corrected chi connectivity index (χ4v) is 4.24. The van der Waals surface area contributed by atoms with Crippen molar-refractivity contribution in [2.75, 3.05) is 0 Å². The van der Waals surface area contributed by atoms with Crippen LogP contribution in [0.5, 0.6) is 11.5 Å². The Bertz CT molecular complexity index is 958. The van der Waals surface area contributed by atoms with Crippen LogP contribution in [0.25, 0.3) is 0 Å². The van der Waals surface area contributed by atoms with Gasteiger partial charge in [-0.15, -0.1) is 0 Å². The number of allylic oxidation sites excluding steroid dienone is 2. The van der Waals surface area contributed by atoms with Crippen LogP contribution in [-0.4, -0.2) is 0 Å². The molecule has 1 atom stereocenters. The number of phosphoric acid groups is 1. The van der Waals surface area contributed by atoms with Crippen molar-refractivity contribution in [3.63, 3.8) is 0 Å². The van der Waals surface area contributed by atoms with Gasteiger partial charge >= 0.3 is 7.82 Å². The standard InChI is InChI=1S/C22H18ClO4P/c23-19-13-11-17(12-14-19)18-15-22(16-18)27-28(24,25-20-7-3-1-4-8-20)26-21-9-5-2-6-10-21/h1-15,18H,16H2/t18-/m0/s1. The molecule has 3 aromatic rings. The molecule has 0 saturated carbocycles. The molecule has 0 spiro atoms. The zero-order valence-electron chi connectivity index (χ0n) is 14.9. The molecule has 0 bridgehead atoms. The number of rotatable bonds is 7. The predicted molar refractivity (Wildman–Crippen MR) is 110 cm³/mol. The van der Waals surface area contributed by atoms with Crippen LogP contribution in [0.15, 0.2) is 96.8 Å². The van der Waals surface area contributed by atoms with Crippen molar-refractivity contribution in [3.8, 4) is 11.5 Å². The Hall–Kier alpha value is -2.68. The molecule has 142 valence electrons. The van der Waals surface area contributed by atoms with E-state index in [9.17, 15) is 4.57 Å². The normalized spacial score (nSPS) is 15.9. The lowest BCUT2D eigenvalue weighted by Gasteiger charge is -2.28. The number of phosphoric ester groups is 1. The van der Waals surface area contributed by atoms with Gasteiger partial charge in [0.25, 0.3) is 0 Å². The van der Waals surface area contributed by atoms with Crippen molar-refractivity contribution < 1.29 is 18.1 Å². The van der Waals surface area contributed by atoms with E-state index in [0.29, 0.717) is 28.7 Å². The van der Waals surface area contributed by atoms with Crippen LogP contribution in [0, 0.1) is 0 Å². The first-order valence-corrected chi connectivity index (χ1v) is 10.7. The molecule has 1 aliphatic rings. The topological polar surface area (TPSA) is 44.8 Å². The second kappa shape index (κ2) is 8.14. The molecule has 6 heteroatoms. The first kappa shape index (κ1) is 18.7. The second-order valence-electron chi connectivity index (χ2n) is 6.34. The van der Waals surface area contributed by atoms with Crippen molar-refractivity contribution in [1.29, 1.82) is 0 Å². The molecule has 4 rings (SSSR count). The maximum Gasteiger partial charge on any atom is 0.646 e. The lowest BCUT2D eigenvalue weighted by atomic mass is 9.86. The number of hydrogen-bond donors (Lipinski definition) is 0. The highest BCUT2D eigenvalue weighted by atomic mass is 35.5. The predicted octanol–water partition coefficient (Wildman–Crippen LogP) is 6.99. The third-order valence-electron chi connectivity index (χ3n) is 4.26. The van der Waals surface area contributed by atoms with Gasteiger partial charge in [-0.25, -0.2) is 0 Å². The van der Waals surface area contributed by atoms with Crippen molar-refractivity contribution in [2.24, 2.45) is 0 Å². The summed E-state index contributed by atoms with van der Waals surface area (Å²) in [6.45, 7) is 0. The summed E-state index contributed by atoms with van der Waals surface area (Å²) >= 11 is 5.94. The Morgan fingerprint density at radius 3 is 1.75 bits per heavy atom. The highest BCUT2D eigenvalue weighted by Crippen LogP contribution is 2.54. The summed E-state index contributed by atoms with van der Waals surface area (Å²) in [5, 5.41) is 0.695. The number of para-hydroxylation sites is 2. The fourth-order valence-electron chi connectivity index (χ4n) is 2.82. The fraction of sp³-hybridized carbons (Fsp3) is 0.0909. The van der Waals surface area contributed by atoms with Crippen LogP contribution in [0.4, 0.5) is 0 Å². The minimum absolute atomic E-state index is 0.189. The average molecular weight is 413 g/mol. The Morgan fingerprint density at radius 1 is 0.750 bits per heavy atom. The largest absolute Gasteiger partial charge is 0.646 e. The molecule has 0 heterocycles. The van der Waals surface area contributed by atoms with E-state index >= 15 is 0 Å². The molecule has 0 unspecified atom stereocenters. The summed E-state index contributed by atoms with van der Waals surface area (Å²) in [6, 6.07) is 25.3. The van der Waals surface area contributed by atoms with Gasteiger partial charge in [0.05, 0.1) is 0 Å². The quantitative estimate of drug-likeness (QED) is 0.392. The molecule has 0 amide bonds. The lowest BCUT2D eigenvalue weighted by Crippen LogP contribution is -2.13. The smallest absolute Gasteiger partial charge is 0.391 e. The van der Waals surface area contributed by atoms with E-state index in [1.807, 2.05) is 42.5 Å². The highest BCUT2D eigenvalue weighted by molar-refractivity contribution is 7.49. The van der Waals surface area contributed by atoms with E-state index in [4.69, 9.17) is 25.2 Å². The molecule has 28 heavy (non-hydrogen) atoms. The molecule has 0 aromatic heterocycles. The van der Waals surface area contributed by atoms with Gasteiger partial charge in [-0.2, -0.15) is 4.57 Å². The molecule has 0 fully saturated rings. The summed E-state index contributed by atoms with van der Waals surface area (Å²) < 4.78 is 30.3. The maximum absolute atomic E-state index is 13.3. The van der Waals surface area contributed by atoms with E-state index in [1.54, 1.807) is 48.5 Å². The first-order chi connectivity index (χ1) is 13.6. The van der Waals surface area contributed by atoms with E-state index in [0.717, 1.165) is 5.56 Å². The van der Waals surface area contributed by atoms with E-state index in [1.165, 1.54) is 0 Å². The molecule has 4 nitrogen and oxygen atoms in total. The zero-order valence-corrected chi connectivity index (χ0v) is 16.6. The summed E-state index contributed by atoms with van der Waals surface area (Å²) in [5.74, 6) is 1.59. The molecule has 0 radical (unpaired) electrons. The summed E-state index contributed by atoms with van der Waals surface area (Å²) in [7, 11) is -3.90. The van der Waals surface area contributed by atoms with Gasteiger partial charge < -0.3 is 13.6 Å². The molecule has 0 aliphatic heterocycles. The van der Waals surface area contributed by atoms with Crippen LogP contribution in [-0.2, 0) is 9.09 Å². The minimum atomic E-state index is -3.90. The Morgan fingerprint density at radius 2 is 1.25 bits per heavy atom. The second-order valence-corrected chi connectivity index (χ2v) is 8.22. The Labute approximate surface area is 169 Å². The number of halogens is 1. The van der Waals surface area contributed by atoms with Gasteiger partial charge in [0.15, 0.2) is 0 Å². The minimum Gasteiger partial charge on any atom is -0.391 e. The van der Waals surface area contributed by atoms with Crippen LogP contribution in [0.3, 0.4) is 0 Å². The van der Waals surface area contributed by atoms with Crippen LogP contribution in [0.1, 0.15) is 17.9 Å². The lowest BCUT2D eigenvalue weighted by molar-refractivity contribution is 0.239. The molecule has 0 N–H and O–H groups in total. The van der Waals surface area contributed by atoms with Gasteiger partial charge in [-0.1, -0.05) is 60.1 Å². The van der Waals surface area contributed by atoms with Crippen LogP contribution >= 0.6 is 19.4 Å². The SMILES string of the molecule is O=P(OC1=C[C@H](c2ccc(Cl)cc2)C1)(Oc1ccccc1)Oc1ccccc1. The summed E-state index contributed by atoms with van der Waals surface area (Å²) in [4.78, 5) is 0. The average Bonchev–Trinajstić information content (AvgIpc) is 2.67. The van der Waals surface area contributed by atoms with Crippen LogP contribution in [0.2, 0.25) is 5.02 Å². The third-order valence-corrected chi connectivity index (χ3v) is 5.84. The van der Waals surface area contributed by atoms with Crippen molar-refractivity contribution in [3.05, 3.63) is 107 Å². The highest BCUT2D eigenvalue weighted by Gasteiger charge is 2.37. The number of benzene rings is 3. The summed E-state index contributed by atoms with van der Waals surface area (Å²) in [5.41, 5.74) is 1.12. The molecule has 1 aliphatic carbocycles. The van der Waals surface area contributed by atoms with E-state index in [-0.39, 0.29) is 5.92 Å². The Kier molecular flexibility index (Phi) is 5.43. The third kappa shape index (κ3) is 4.59. The molecule has 0 saturated heterocycles. The maximum atomic E-state index is 13.3. The van der Waals surface area contributed by atoms with Gasteiger partial charge in [0, 0.05) is 17.4 Å². The van der Waals surface area contributed by atoms with Crippen molar-refractivity contribution in [1.82, 2.24) is 0 Å². The van der Waals surface area contributed by atoms with Crippen LogP contribution < -0.4 is 9.05 Å². The van der Waals surface area contributed by atoms with Gasteiger partial charge in [-0.05, 0) is 48.0 Å². The van der Waals surface area contributed by atoms with Crippen molar-refractivity contribution in [2.45, 2.75) is 12.3 Å². The van der Waals surface area contributed by atoms with Gasteiger partial charge in [0.1, 0.15) is 17.3 Å². The first-order valence-electron chi connectivity index (χ1n) is 8.85. The van der Waals surface area contributed by atoms with Gasteiger partial charge in [-0.3, -0.25) is 0 Å². The summed E-state index contributed by atoms with van der Waals surface area (Å²) in [6.07, 6.45) is 2.53. The van der Waals surface area contributed by atoms with E-state index < -0.39 is 7.82 Å². The van der Waals surface area contributed by atoms with Gasteiger partial charge in [0.2, 0.25) is 0 Å². The Balaban J connectivity index is 1.51.